The molecule has 2 aromatic carbocycles. The quantitative estimate of drug-likeness (QED) is 0.831. The monoisotopic (exact) mass is 313 g/mol. The van der Waals surface area contributed by atoms with E-state index in [9.17, 15) is 9.59 Å². The van der Waals surface area contributed by atoms with Crippen molar-refractivity contribution in [2.45, 2.75) is 19.4 Å². The van der Waals surface area contributed by atoms with E-state index in [4.69, 9.17) is 9.47 Å². The molecule has 0 heterocycles. The van der Waals surface area contributed by atoms with Crippen molar-refractivity contribution in [3.8, 4) is 5.75 Å². The zero-order valence-corrected chi connectivity index (χ0v) is 13.1. The standard InChI is InChI=1S/C18H19NO4/c1-3-16(23-13-9-5-4-6-10-13)17(20)19-15-12-8-7-11-14(15)18(21)22-2/h4-12,16H,3H2,1-2H3,(H,19,20)/t16-/m0/s1. The van der Waals surface area contributed by atoms with Gasteiger partial charge >= 0.3 is 5.97 Å². The van der Waals surface area contributed by atoms with E-state index in [2.05, 4.69) is 5.32 Å². The number of benzene rings is 2. The fraction of sp³-hybridized carbons (Fsp3) is 0.222. The molecule has 1 atom stereocenters. The number of anilines is 1. The minimum absolute atomic E-state index is 0.304. The molecule has 0 saturated carbocycles. The topological polar surface area (TPSA) is 64.6 Å². The molecule has 120 valence electrons. The molecule has 1 N–H and O–H groups in total. The Bertz CT molecular complexity index is 670. The maximum absolute atomic E-state index is 12.4. The Kier molecular flexibility index (Phi) is 5.74. The number of hydrogen-bond donors (Lipinski definition) is 1. The fourth-order valence-corrected chi connectivity index (χ4v) is 2.08. The SMILES string of the molecule is CC[C@H](Oc1ccccc1)C(=O)Nc1ccccc1C(=O)OC. The van der Waals surface area contributed by atoms with Crippen LogP contribution in [0.25, 0.3) is 0 Å². The third-order valence-corrected chi connectivity index (χ3v) is 3.28. The molecule has 0 fully saturated rings. The molecule has 0 saturated heterocycles. The summed E-state index contributed by atoms with van der Waals surface area (Å²) in [4.78, 5) is 24.2. The molecule has 23 heavy (non-hydrogen) atoms. The van der Waals surface area contributed by atoms with Gasteiger partial charge in [-0.05, 0) is 30.7 Å². The molecule has 0 spiro atoms. The molecule has 2 aromatic rings. The zero-order chi connectivity index (χ0) is 16.7. The van der Waals surface area contributed by atoms with Crippen LogP contribution in [0.5, 0.6) is 5.75 Å². The van der Waals surface area contributed by atoms with Crippen LogP contribution in [0.3, 0.4) is 0 Å². The first-order valence-corrected chi connectivity index (χ1v) is 7.35. The molecular formula is C18H19NO4. The van der Waals surface area contributed by atoms with Crippen molar-refractivity contribution in [3.63, 3.8) is 0 Å². The number of hydrogen-bond acceptors (Lipinski definition) is 4. The summed E-state index contributed by atoms with van der Waals surface area (Å²) >= 11 is 0. The van der Waals surface area contributed by atoms with Gasteiger partial charge in [-0.2, -0.15) is 0 Å². The van der Waals surface area contributed by atoms with Crippen molar-refractivity contribution < 1.29 is 19.1 Å². The average Bonchev–Trinajstić information content (AvgIpc) is 2.60. The van der Waals surface area contributed by atoms with Crippen molar-refractivity contribution in [1.29, 1.82) is 0 Å². The Hall–Kier alpha value is -2.82. The number of rotatable bonds is 6. The molecule has 0 aliphatic rings. The first kappa shape index (κ1) is 16.5. The molecule has 0 bridgehead atoms. The van der Waals surface area contributed by atoms with E-state index in [1.807, 2.05) is 25.1 Å². The van der Waals surface area contributed by atoms with Gasteiger partial charge in [0.05, 0.1) is 18.4 Å². The Morgan fingerprint density at radius 3 is 2.35 bits per heavy atom. The Labute approximate surface area is 135 Å². The summed E-state index contributed by atoms with van der Waals surface area (Å²) < 4.78 is 10.4. The van der Waals surface area contributed by atoms with Crippen molar-refractivity contribution in [1.82, 2.24) is 0 Å². The van der Waals surface area contributed by atoms with E-state index in [1.54, 1.807) is 36.4 Å². The summed E-state index contributed by atoms with van der Waals surface area (Å²) in [5.74, 6) is -0.193. The number of ether oxygens (including phenoxy) is 2. The summed E-state index contributed by atoms with van der Waals surface area (Å²) in [7, 11) is 1.30. The number of nitrogens with one attached hydrogen (secondary N) is 1. The first-order chi connectivity index (χ1) is 11.2. The van der Waals surface area contributed by atoms with Crippen molar-refractivity contribution in [3.05, 3.63) is 60.2 Å². The van der Waals surface area contributed by atoms with Crippen LogP contribution in [0.15, 0.2) is 54.6 Å². The Morgan fingerprint density at radius 2 is 1.70 bits per heavy atom. The average molecular weight is 313 g/mol. The minimum Gasteiger partial charge on any atom is -0.481 e. The molecule has 0 aliphatic heterocycles. The second-order valence-corrected chi connectivity index (χ2v) is 4.85. The van der Waals surface area contributed by atoms with E-state index in [0.717, 1.165) is 0 Å². The number of carbonyl (C=O) groups excluding carboxylic acids is 2. The van der Waals surface area contributed by atoms with E-state index in [0.29, 0.717) is 23.4 Å². The minimum atomic E-state index is -0.650. The number of para-hydroxylation sites is 2. The lowest BCUT2D eigenvalue weighted by Gasteiger charge is -2.18. The summed E-state index contributed by atoms with van der Waals surface area (Å²) in [6.45, 7) is 1.86. The molecule has 0 aliphatic carbocycles. The number of methoxy groups -OCH3 is 1. The van der Waals surface area contributed by atoms with Crippen LogP contribution in [0.1, 0.15) is 23.7 Å². The van der Waals surface area contributed by atoms with E-state index >= 15 is 0 Å². The normalized spacial score (nSPS) is 11.4. The van der Waals surface area contributed by atoms with Gasteiger partial charge in [0.2, 0.25) is 0 Å². The van der Waals surface area contributed by atoms with E-state index < -0.39 is 12.1 Å². The molecule has 0 radical (unpaired) electrons. The van der Waals surface area contributed by atoms with Crippen LogP contribution in [0.2, 0.25) is 0 Å². The molecule has 5 heteroatoms. The van der Waals surface area contributed by atoms with Gasteiger partial charge in [0.1, 0.15) is 5.75 Å². The summed E-state index contributed by atoms with van der Waals surface area (Å²) in [5, 5.41) is 2.73. The van der Waals surface area contributed by atoms with Crippen LogP contribution in [-0.4, -0.2) is 25.1 Å². The fourth-order valence-electron chi connectivity index (χ4n) is 2.08. The number of amides is 1. The van der Waals surface area contributed by atoms with Gasteiger partial charge < -0.3 is 14.8 Å². The Morgan fingerprint density at radius 1 is 1.04 bits per heavy atom. The second-order valence-electron chi connectivity index (χ2n) is 4.85. The third-order valence-electron chi connectivity index (χ3n) is 3.28. The van der Waals surface area contributed by atoms with Crippen LogP contribution >= 0.6 is 0 Å². The van der Waals surface area contributed by atoms with Gasteiger partial charge in [-0.15, -0.1) is 0 Å². The van der Waals surface area contributed by atoms with E-state index in [1.165, 1.54) is 7.11 Å². The summed E-state index contributed by atoms with van der Waals surface area (Å²) in [6.07, 6.45) is -0.149. The maximum atomic E-state index is 12.4. The van der Waals surface area contributed by atoms with Crippen molar-refractivity contribution in [2.75, 3.05) is 12.4 Å². The highest BCUT2D eigenvalue weighted by molar-refractivity contribution is 6.02. The predicted octanol–water partition coefficient (Wildman–Crippen LogP) is 3.27. The first-order valence-electron chi connectivity index (χ1n) is 7.35. The molecule has 0 aromatic heterocycles. The third kappa shape index (κ3) is 4.32. The molecule has 2 rings (SSSR count). The van der Waals surface area contributed by atoms with Crippen LogP contribution < -0.4 is 10.1 Å². The largest absolute Gasteiger partial charge is 0.481 e. The number of carbonyl (C=O) groups is 2. The zero-order valence-electron chi connectivity index (χ0n) is 13.1. The van der Waals surface area contributed by atoms with Crippen molar-refractivity contribution in [2.24, 2.45) is 0 Å². The van der Waals surface area contributed by atoms with Crippen LogP contribution in [0, 0.1) is 0 Å². The summed E-state index contributed by atoms with van der Waals surface area (Å²) in [5.41, 5.74) is 0.706. The smallest absolute Gasteiger partial charge is 0.339 e. The van der Waals surface area contributed by atoms with Crippen molar-refractivity contribution >= 4 is 17.6 Å². The van der Waals surface area contributed by atoms with Gasteiger partial charge in [-0.25, -0.2) is 4.79 Å². The lowest BCUT2D eigenvalue weighted by Crippen LogP contribution is -2.32. The molecule has 1 amide bonds. The maximum Gasteiger partial charge on any atom is 0.339 e. The highest BCUT2D eigenvalue weighted by Gasteiger charge is 2.21. The van der Waals surface area contributed by atoms with E-state index in [-0.39, 0.29) is 5.91 Å². The van der Waals surface area contributed by atoms with Crippen LogP contribution in [-0.2, 0) is 9.53 Å². The second kappa shape index (κ2) is 7.98. The molecule has 5 nitrogen and oxygen atoms in total. The van der Waals surface area contributed by atoms with Crippen LogP contribution in [0.4, 0.5) is 5.69 Å². The highest BCUT2D eigenvalue weighted by Crippen LogP contribution is 2.18. The van der Waals surface area contributed by atoms with Gasteiger partial charge in [-0.1, -0.05) is 37.3 Å². The molecular weight excluding hydrogens is 294 g/mol. The number of esters is 1. The Balaban J connectivity index is 2.12. The van der Waals surface area contributed by atoms with Gasteiger partial charge in [0.15, 0.2) is 6.10 Å². The predicted molar refractivity (Wildman–Crippen MR) is 87.6 cm³/mol. The van der Waals surface area contributed by atoms with Gasteiger partial charge in [-0.3, -0.25) is 4.79 Å². The lowest BCUT2D eigenvalue weighted by atomic mass is 10.1. The molecule has 0 unspecified atom stereocenters. The summed E-state index contributed by atoms with van der Waals surface area (Å²) in [6, 6.07) is 15.8. The van der Waals surface area contributed by atoms with Gasteiger partial charge in [0, 0.05) is 0 Å². The van der Waals surface area contributed by atoms with Gasteiger partial charge in [0.25, 0.3) is 5.91 Å². The lowest BCUT2D eigenvalue weighted by molar-refractivity contribution is -0.122. The highest BCUT2D eigenvalue weighted by atomic mass is 16.5.